The summed E-state index contributed by atoms with van der Waals surface area (Å²) in [4.78, 5) is 12.1. The third kappa shape index (κ3) is 4.13. The van der Waals surface area contributed by atoms with Crippen LogP contribution in [0.1, 0.15) is 43.5 Å². The van der Waals surface area contributed by atoms with E-state index in [1.165, 1.54) is 12.8 Å². The van der Waals surface area contributed by atoms with Gasteiger partial charge in [-0.05, 0) is 49.3 Å². The summed E-state index contributed by atoms with van der Waals surface area (Å²) in [6.45, 7) is 4.51. The van der Waals surface area contributed by atoms with E-state index in [-0.39, 0.29) is 18.3 Å². The van der Waals surface area contributed by atoms with Gasteiger partial charge in [0.15, 0.2) is 0 Å². The van der Waals surface area contributed by atoms with Gasteiger partial charge in [-0.3, -0.25) is 4.79 Å². The van der Waals surface area contributed by atoms with E-state index in [9.17, 15) is 4.79 Å². The smallest absolute Gasteiger partial charge is 0.251 e. The molecule has 0 heterocycles. The minimum atomic E-state index is -0.00583. The fourth-order valence-corrected chi connectivity index (χ4v) is 2.81. The zero-order chi connectivity index (χ0) is 13.1. The first-order valence-electron chi connectivity index (χ1n) is 6.72. The van der Waals surface area contributed by atoms with Crippen LogP contribution in [0.3, 0.4) is 0 Å². The third-order valence-corrected chi connectivity index (χ3v) is 3.90. The minimum absolute atomic E-state index is 0. The van der Waals surface area contributed by atoms with Crippen LogP contribution in [-0.2, 0) is 0 Å². The molecule has 0 aliphatic heterocycles. The van der Waals surface area contributed by atoms with Crippen molar-refractivity contribution in [3.63, 3.8) is 0 Å². The van der Waals surface area contributed by atoms with Crippen LogP contribution in [0.25, 0.3) is 0 Å². The van der Waals surface area contributed by atoms with Crippen molar-refractivity contribution in [1.82, 2.24) is 5.32 Å². The number of hydrogen-bond donors (Lipinski definition) is 2. The maximum absolute atomic E-state index is 12.1. The van der Waals surface area contributed by atoms with Crippen LogP contribution in [-0.4, -0.2) is 11.9 Å². The van der Waals surface area contributed by atoms with Crippen molar-refractivity contribution in [2.75, 3.05) is 5.73 Å². The molecule has 3 nitrogen and oxygen atoms in total. The molecule has 3 atom stereocenters. The number of amides is 1. The predicted octanol–water partition coefficient (Wildman–Crippen LogP) is 3.25. The van der Waals surface area contributed by atoms with E-state index in [0.717, 1.165) is 12.3 Å². The Balaban J connectivity index is 0.00000180. The van der Waals surface area contributed by atoms with Crippen LogP contribution in [0.5, 0.6) is 0 Å². The molecule has 3 unspecified atom stereocenters. The summed E-state index contributed by atoms with van der Waals surface area (Å²) in [6, 6.07) is 7.45. The predicted molar refractivity (Wildman–Crippen MR) is 81.5 cm³/mol. The van der Waals surface area contributed by atoms with Gasteiger partial charge in [-0.2, -0.15) is 0 Å². The Morgan fingerprint density at radius 2 is 2.05 bits per heavy atom. The Bertz CT molecular complexity index is 436. The van der Waals surface area contributed by atoms with Crippen molar-refractivity contribution in [1.29, 1.82) is 0 Å². The molecule has 106 valence electrons. The van der Waals surface area contributed by atoms with Gasteiger partial charge < -0.3 is 11.1 Å². The van der Waals surface area contributed by atoms with Crippen LogP contribution in [0.15, 0.2) is 24.3 Å². The minimum Gasteiger partial charge on any atom is -0.399 e. The van der Waals surface area contributed by atoms with Crippen molar-refractivity contribution in [2.45, 2.75) is 39.2 Å². The zero-order valence-corrected chi connectivity index (χ0v) is 12.4. The van der Waals surface area contributed by atoms with Crippen molar-refractivity contribution >= 4 is 24.0 Å². The Kier molecular flexibility index (Phi) is 5.67. The van der Waals surface area contributed by atoms with Gasteiger partial charge in [0.1, 0.15) is 0 Å². The first kappa shape index (κ1) is 15.8. The monoisotopic (exact) mass is 282 g/mol. The molecular weight excluding hydrogens is 260 g/mol. The lowest BCUT2D eigenvalue weighted by atomic mass is 9.80. The number of halogens is 1. The molecule has 4 heteroatoms. The van der Waals surface area contributed by atoms with E-state index in [2.05, 4.69) is 19.2 Å². The molecule has 1 aliphatic rings. The molecule has 0 radical (unpaired) electrons. The largest absolute Gasteiger partial charge is 0.399 e. The van der Waals surface area contributed by atoms with Crippen molar-refractivity contribution in [3.8, 4) is 0 Å². The highest BCUT2D eigenvalue weighted by Crippen LogP contribution is 2.28. The highest BCUT2D eigenvalue weighted by atomic mass is 35.5. The van der Waals surface area contributed by atoms with Crippen molar-refractivity contribution in [3.05, 3.63) is 29.8 Å². The SMILES string of the molecule is CC1CCC(NC(=O)c2cccc(N)c2)C(C)C1.Cl. The van der Waals surface area contributed by atoms with E-state index in [1.807, 2.05) is 12.1 Å². The number of carbonyl (C=O) groups is 1. The number of nitrogen functional groups attached to an aromatic ring is 1. The van der Waals surface area contributed by atoms with Gasteiger partial charge in [-0.15, -0.1) is 12.4 Å². The lowest BCUT2D eigenvalue weighted by Crippen LogP contribution is -2.42. The molecule has 1 aromatic carbocycles. The summed E-state index contributed by atoms with van der Waals surface area (Å²) in [5.41, 5.74) is 6.98. The molecule has 1 aromatic rings. The molecule has 0 bridgehead atoms. The summed E-state index contributed by atoms with van der Waals surface area (Å²) >= 11 is 0. The molecule has 0 spiro atoms. The molecule has 0 saturated heterocycles. The van der Waals surface area contributed by atoms with Crippen molar-refractivity contribution in [2.24, 2.45) is 11.8 Å². The molecular formula is C15H23ClN2O. The standard InChI is InChI=1S/C15H22N2O.ClH/c1-10-6-7-14(11(2)8-10)17-15(18)12-4-3-5-13(16)9-12;/h3-5,9-11,14H,6-8,16H2,1-2H3,(H,17,18);1H. The summed E-state index contributed by atoms with van der Waals surface area (Å²) in [7, 11) is 0. The Morgan fingerprint density at radius 1 is 1.32 bits per heavy atom. The average molecular weight is 283 g/mol. The van der Waals surface area contributed by atoms with Crippen LogP contribution < -0.4 is 11.1 Å². The summed E-state index contributed by atoms with van der Waals surface area (Å²) < 4.78 is 0. The zero-order valence-electron chi connectivity index (χ0n) is 11.6. The maximum Gasteiger partial charge on any atom is 0.251 e. The molecule has 1 amide bonds. The second kappa shape index (κ2) is 6.80. The number of anilines is 1. The average Bonchev–Trinajstić information content (AvgIpc) is 2.32. The van der Waals surface area contributed by atoms with E-state index in [1.54, 1.807) is 12.1 Å². The molecule has 19 heavy (non-hydrogen) atoms. The lowest BCUT2D eigenvalue weighted by Gasteiger charge is -2.33. The maximum atomic E-state index is 12.1. The Labute approximate surface area is 121 Å². The molecule has 0 aromatic heterocycles. The van der Waals surface area contributed by atoms with Crippen LogP contribution in [0.2, 0.25) is 0 Å². The van der Waals surface area contributed by atoms with Gasteiger partial charge in [0, 0.05) is 17.3 Å². The van der Waals surface area contributed by atoms with E-state index in [4.69, 9.17) is 5.73 Å². The summed E-state index contributed by atoms with van der Waals surface area (Å²) in [6.07, 6.45) is 3.48. The Hall–Kier alpha value is -1.22. The molecule has 1 aliphatic carbocycles. The molecule has 3 N–H and O–H groups in total. The van der Waals surface area contributed by atoms with Crippen LogP contribution in [0.4, 0.5) is 5.69 Å². The van der Waals surface area contributed by atoms with Gasteiger partial charge >= 0.3 is 0 Å². The van der Waals surface area contributed by atoms with Gasteiger partial charge in [0.2, 0.25) is 0 Å². The first-order valence-corrected chi connectivity index (χ1v) is 6.72. The number of hydrogen-bond acceptors (Lipinski definition) is 2. The molecule has 1 fully saturated rings. The van der Waals surface area contributed by atoms with Crippen LogP contribution in [0, 0.1) is 11.8 Å². The highest BCUT2D eigenvalue weighted by Gasteiger charge is 2.26. The second-order valence-electron chi connectivity index (χ2n) is 5.60. The quantitative estimate of drug-likeness (QED) is 0.818. The summed E-state index contributed by atoms with van der Waals surface area (Å²) in [5, 5.41) is 3.14. The van der Waals surface area contributed by atoms with E-state index in [0.29, 0.717) is 23.2 Å². The fraction of sp³-hybridized carbons (Fsp3) is 0.533. The first-order chi connectivity index (χ1) is 8.56. The summed E-state index contributed by atoms with van der Waals surface area (Å²) in [5.74, 6) is 1.33. The van der Waals surface area contributed by atoms with Gasteiger partial charge in [-0.1, -0.05) is 19.9 Å². The number of nitrogens with one attached hydrogen (secondary N) is 1. The second-order valence-corrected chi connectivity index (χ2v) is 5.60. The van der Waals surface area contributed by atoms with Gasteiger partial charge in [-0.25, -0.2) is 0 Å². The molecule has 1 saturated carbocycles. The number of benzene rings is 1. The fourth-order valence-electron chi connectivity index (χ4n) is 2.81. The van der Waals surface area contributed by atoms with E-state index < -0.39 is 0 Å². The normalized spacial score (nSPS) is 26.3. The van der Waals surface area contributed by atoms with Gasteiger partial charge in [0.05, 0.1) is 0 Å². The van der Waals surface area contributed by atoms with E-state index >= 15 is 0 Å². The van der Waals surface area contributed by atoms with Gasteiger partial charge in [0.25, 0.3) is 5.91 Å². The third-order valence-electron chi connectivity index (χ3n) is 3.90. The number of nitrogens with two attached hydrogens (primary N) is 1. The van der Waals surface area contributed by atoms with Crippen LogP contribution >= 0.6 is 12.4 Å². The Morgan fingerprint density at radius 3 is 2.68 bits per heavy atom. The number of rotatable bonds is 2. The lowest BCUT2D eigenvalue weighted by molar-refractivity contribution is 0.0899. The topological polar surface area (TPSA) is 55.1 Å². The molecule has 2 rings (SSSR count). The number of carbonyl (C=O) groups excluding carboxylic acids is 1. The highest BCUT2D eigenvalue weighted by molar-refractivity contribution is 5.95. The van der Waals surface area contributed by atoms with Crippen molar-refractivity contribution < 1.29 is 4.79 Å².